The number of aryl methyl sites for hydroxylation is 2. The molecule has 1 aliphatic rings. The van der Waals surface area contributed by atoms with E-state index < -0.39 is 0 Å². The molecule has 2 rings (SSSR count). The first kappa shape index (κ1) is 17.5. The van der Waals surface area contributed by atoms with Crippen LogP contribution in [-0.2, 0) is 16.1 Å². The van der Waals surface area contributed by atoms with E-state index >= 15 is 0 Å². The molecule has 0 atom stereocenters. The summed E-state index contributed by atoms with van der Waals surface area (Å²) in [5, 5.41) is 12.3. The summed E-state index contributed by atoms with van der Waals surface area (Å²) in [6.07, 6.45) is 1.41. The Bertz CT molecular complexity index is 563. The zero-order chi connectivity index (χ0) is 16.8. The number of rotatable bonds is 5. The molecule has 0 radical (unpaired) electrons. The number of hydrogen-bond donors (Lipinski definition) is 2. The third-order valence-corrected chi connectivity index (χ3v) is 4.36. The lowest BCUT2D eigenvalue weighted by Gasteiger charge is -2.29. The first-order chi connectivity index (χ1) is 11.0. The Labute approximate surface area is 137 Å². The summed E-state index contributed by atoms with van der Waals surface area (Å²) in [5.74, 6) is -0.103. The number of hydrogen-bond acceptors (Lipinski definition) is 3. The monoisotopic (exact) mass is 318 g/mol. The fourth-order valence-electron chi connectivity index (χ4n) is 2.82. The molecule has 1 fully saturated rings. The van der Waals surface area contributed by atoms with Gasteiger partial charge in [0.2, 0.25) is 11.8 Å². The molecule has 2 N–H and O–H groups in total. The molecule has 0 aromatic heterocycles. The number of nitrogens with one attached hydrogen (secondary N) is 1. The number of carbonyl (C=O) groups is 2. The van der Waals surface area contributed by atoms with Crippen molar-refractivity contribution in [3.05, 3.63) is 34.9 Å². The molecule has 23 heavy (non-hydrogen) atoms. The first-order valence-corrected chi connectivity index (χ1v) is 8.24. The van der Waals surface area contributed by atoms with Crippen LogP contribution in [0, 0.1) is 13.8 Å². The van der Waals surface area contributed by atoms with E-state index in [1.807, 2.05) is 26.0 Å². The molecule has 1 aromatic rings. The van der Waals surface area contributed by atoms with Gasteiger partial charge in [-0.2, -0.15) is 0 Å². The van der Waals surface area contributed by atoms with Gasteiger partial charge in [0.05, 0.1) is 6.10 Å². The minimum absolute atomic E-state index is 0.00133. The Hall–Kier alpha value is -1.88. The second-order valence-electron chi connectivity index (χ2n) is 6.32. The standard InChI is InChI=1S/C18H26N2O3/c1-13-3-4-15(14(2)11-13)12-19-17(22)5-6-18(23)20-9-7-16(21)8-10-20/h3-4,11,16,21H,5-10,12H2,1-2H3,(H,19,22). The largest absolute Gasteiger partial charge is 0.393 e. The van der Waals surface area contributed by atoms with Gasteiger partial charge in [-0.25, -0.2) is 0 Å². The second kappa shape index (κ2) is 8.11. The summed E-state index contributed by atoms with van der Waals surface area (Å²) in [5.41, 5.74) is 3.46. The number of piperidine rings is 1. The molecule has 0 saturated carbocycles. The number of benzene rings is 1. The van der Waals surface area contributed by atoms with Crippen LogP contribution in [0.15, 0.2) is 18.2 Å². The van der Waals surface area contributed by atoms with Crippen molar-refractivity contribution >= 4 is 11.8 Å². The molecule has 0 spiro atoms. The van der Waals surface area contributed by atoms with E-state index in [1.54, 1.807) is 4.90 Å². The van der Waals surface area contributed by atoms with E-state index in [0.717, 1.165) is 11.1 Å². The van der Waals surface area contributed by atoms with Crippen molar-refractivity contribution in [1.29, 1.82) is 0 Å². The number of nitrogens with zero attached hydrogens (tertiary/aromatic N) is 1. The Morgan fingerprint density at radius 2 is 1.91 bits per heavy atom. The fourth-order valence-corrected chi connectivity index (χ4v) is 2.82. The smallest absolute Gasteiger partial charge is 0.223 e. The predicted molar refractivity (Wildman–Crippen MR) is 88.8 cm³/mol. The zero-order valence-corrected chi connectivity index (χ0v) is 14.0. The van der Waals surface area contributed by atoms with Crippen molar-refractivity contribution < 1.29 is 14.7 Å². The van der Waals surface area contributed by atoms with Gasteiger partial charge in [-0.05, 0) is 37.8 Å². The van der Waals surface area contributed by atoms with Gasteiger partial charge in [-0.3, -0.25) is 9.59 Å². The van der Waals surface area contributed by atoms with E-state index in [0.29, 0.717) is 32.5 Å². The van der Waals surface area contributed by atoms with Crippen molar-refractivity contribution in [3.63, 3.8) is 0 Å². The quantitative estimate of drug-likeness (QED) is 0.868. The highest BCUT2D eigenvalue weighted by Gasteiger charge is 2.21. The van der Waals surface area contributed by atoms with E-state index in [9.17, 15) is 14.7 Å². The van der Waals surface area contributed by atoms with Crippen LogP contribution < -0.4 is 5.32 Å². The number of likely N-dealkylation sites (tertiary alicyclic amines) is 1. The van der Waals surface area contributed by atoms with Gasteiger partial charge in [-0.1, -0.05) is 23.8 Å². The normalized spacial score (nSPS) is 15.5. The highest BCUT2D eigenvalue weighted by molar-refractivity contribution is 5.83. The van der Waals surface area contributed by atoms with Gasteiger partial charge < -0.3 is 15.3 Å². The lowest BCUT2D eigenvalue weighted by atomic mass is 10.1. The Morgan fingerprint density at radius 1 is 1.22 bits per heavy atom. The molecular weight excluding hydrogens is 292 g/mol. The molecule has 1 aromatic carbocycles. The SMILES string of the molecule is Cc1ccc(CNC(=O)CCC(=O)N2CCC(O)CC2)c(C)c1. The summed E-state index contributed by atoms with van der Waals surface area (Å²) in [6.45, 7) is 5.74. The maximum atomic E-state index is 12.0. The van der Waals surface area contributed by atoms with Gasteiger partial charge in [0.1, 0.15) is 0 Å². The maximum Gasteiger partial charge on any atom is 0.223 e. The number of aliphatic hydroxyl groups is 1. The van der Waals surface area contributed by atoms with Crippen molar-refractivity contribution in [2.45, 2.75) is 52.2 Å². The van der Waals surface area contributed by atoms with Gasteiger partial charge in [0.25, 0.3) is 0 Å². The van der Waals surface area contributed by atoms with Gasteiger partial charge in [0.15, 0.2) is 0 Å². The van der Waals surface area contributed by atoms with Crippen molar-refractivity contribution in [2.24, 2.45) is 0 Å². The molecule has 126 valence electrons. The van der Waals surface area contributed by atoms with Gasteiger partial charge in [-0.15, -0.1) is 0 Å². The Kier molecular flexibility index (Phi) is 6.16. The molecule has 2 amide bonds. The van der Waals surface area contributed by atoms with Gasteiger partial charge >= 0.3 is 0 Å². The highest BCUT2D eigenvalue weighted by atomic mass is 16.3. The third kappa shape index (κ3) is 5.36. The van der Waals surface area contributed by atoms with E-state index in [1.165, 1.54) is 5.56 Å². The van der Waals surface area contributed by atoms with E-state index in [4.69, 9.17) is 0 Å². The molecule has 1 heterocycles. The summed E-state index contributed by atoms with van der Waals surface area (Å²) in [7, 11) is 0. The molecule has 5 heteroatoms. The van der Waals surface area contributed by atoms with Crippen LogP contribution in [0.25, 0.3) is 0 Å². The van der Waals surface area contributed by atoms with Crippen molar-refractivity contribution in [2.75, 3.05) is 13.1 Å². The minimum Gasteiger partial charge on any atom is -0.393 e. The molecule has 0 unspecified atom stereocenters. The highest BCUT2D eigenvalue weighted by Crippen LogP contribution is 2.12. The summed E-state index contributed by atoms with van der Waals surface area (Å²) in [4.78, 5) is 25.7. The Balaban J connectivity index is 1.71. The van der Waals surface area contributed by atoms with Crippen LogP contribution >= 0.6 is 0 Å². The summed E-state index contributed by atoms with van der Waals surface area (Å²) < 4.78 is 0. The van der Waals surface area contributed by atoms with Crippen molar-refractivity contribution in [3.8, 4) is 0 Å². The molecule has 1 aliphatic heterocycles. The van der Waals surface area contributed by atoms with Crippen LogP contribution in [0.5, 0.6) is 0 Å². The number of carbonyl (C=O) groups excluding carboxylic acids is 2. The summed E-state index contributed by atoms with van der Waals surface area (Å²) >= 11 is 0. The average molecular weight is 318 g/mol. The topological polar surface area (TPSA) is 69.6 Å². The molecular formula is C18H26N2O3. The number of amides is 2. The average Bonchev–Trinajstić information content (AvgIpc) is 2.52. The van der Waals surface area contributed by atoms with Crippen LogP contribution in [0.3, 0.4) is 0 Å². The van der Waals surface area contributed by atoms with Crippen LogP contribution in [0.4, 0.5) is 0 Å². The van der Waals surface area contributed by atoms with Crippen LogP contribution in [0.2, 0.25) is 0 Å². The van der Waals surface area contributed by atoms with E-state index in [-0.39, 0.29) is 30.8 Å². The van der Waals surface area contributed by atoms with Crippen LogP contribution in [0.1, 0.15) is 42.4 Å². The number of aliphatic hydroxyl groups excluding tert-OH is 1. The lowest BCUT2D eigenvalue weighted by molar-refractivity contribution is -0.135. The molecule has 5 nitrogen and oxygen atoms in total. The maximum absolute atomic E-state index is 12.0. The minimum atomic E-state index is -0.292. The summed E-state index contributed by atoms with van der Waals surface area (Å²) in [6, 6.07) is 6.15. The van der Waals surface area contributed by atoms with Crippen molar-refractivity contribution in [1.82, 2.24) is 10.2 Å². The Morgan fingerprint density at radius 3 is 2.57 bits per heavy atom. The fraction of sp³-hybridized carbons (Fsp3) is 0.556. The molecule has 0 bridgehead atoms. The lowest BCUT2D eigenvalue weighted by Crippen LogP contribution is -2.40. The van der Waals surface area contributed by atoms with Crippen LogP contribution in [-0.4, -0.2) is 41.0 Å². The second-order valence-corrected chi connectivity index (χ2v) is 6.32. The molecule has 0 aliphatic carbocycles. The predicted octanol–water partition coefficient (Wildman–Crippen LogP) is 1.68. The van der Waals surface area contributed by atoms with Gasteiger partial charge in [0, 0.05) is 32.5 Å². The first-order valence-electron chi connectivity index (χ1n) is 8.24. The zero-order valence-electron chi connectivity index (χ0n) is 14.0. The molecule has 1 saturated heterocycles. The third-order valence-electron chi connectivity index (χ3n) is 4.36. The van der Waals surface area contributed by atoms with E-state index in [2.05, 4.69) is 11.4 Å².